The summed E-state index contributed by atoms with van der Waals surface area (Å²) in [5.41, 5.74) is 4.33. The van der Waals surface area contributed by atoms with Crippen molar-refractivity contribution in [3.05, 3.63) is 33.3 Å². The number of hydrogen-bond donors (Lipinski definition) is 2. The zero-order valence-electron chi connectivity index (χ0n) is 11.4. The van der Waals surface area contributed by atoms with Gasteiger partial charge in [-0.25, -0.2) is 0 Å². The molecule has 2 atom stereocenters. The number of nitrogens with one attached hydrogen (secondary N) is 1. The van der Waals surface area contributed by atoms with Crippen LogP contribution in [0.15, 0.2) is 22.7 Å². The Bertz CT molecular complexity index is 493. The predicted molar refractivity (Wildman–Crippen MR) is 84.5 cm³/mol. The van der Waals surface area contributed by atoms with Crippen LogP contribution in [0.4, 0.5) is 0 Å². The van der Waals surface area contributed by atoms with Crippen molar-refractivity contribution in [3.8, 4) is 0 Å². The average Bonchev–Trinajstić information content (AvgIpc) is 2.42. The molecule has 2 aliphatic rings. The smallest absolute Gasteiger partial charge is 0.0686 e. The molecular formula is C15H20BrClN2O. The highest BCUT2D eigenvalue weighted by Crippen LogP contribution is 2.47. The van der Waals surface area contributed by atoms with Gasteiger partial charge in [-0.05, 0) is 71.6 Å². The van der Waals surface area contributed by atoms with Crippen LogP contribution in [-0.4, -0.2) is 12.2 Å². The van der Waals surface area contributed by atoms with Gasteiger partial charge >= 0.3 is 0 Å². The van der Waals surface area contributed by atoms with Crippen LogP contribution in [0.25, 0.3) is 0 Å². The molecule has 1 aromatic carbocycles. The number of benzene rings is 1. The van der Waals surface area contributed by atoms with Crippen LogP contribution in [0.3, 0.4) is 0 Å². The third-order valence-electron chi connectivity index (χ3n) is 4.75. The Hall–Kier alpha value is -0.130. The minimum absolute atomic E-state index is 0.141. The summed E-state index contributed by atoms with van der Waals surface area (Å²) in [6, 6.07) is 6.20. The topological polar surface area (TPSA) is 47.3 Å². The monoisotopic (exact) mass is 358 g/mol. The maximum Gasteiger partial charge on any atom is 0.0686 e. The molecule has 1 aromatic rings. The Morgan fingerprint density at radius 2 is 2.25 bits per heavy atom. The fourth-order valence-corrected chi connectivity index (χ4v) is 3.99. The molecule has 110 valence electrons. The van der Waals surface area contributed by atoms with E-state index < -0.39 is 0 Å². The molecule has 1 spiro atoms. The van der Waals surface area contributed by atoms with E-state index in [4.69, 9.17) is 22.2 Å². The van der Waals surface area contributed by atoms with Crippen molar-refractivity contribution in [2.45, 2.75) is 43.7 Å². The third-order valence-corrected chi connectivity index (χ3v) is 5.96. The first-order chi connectivity index (χ1) is 9.63. The number of hydrazine groups is 1. The van der Waals surface area contributed by atoms with E-state index >= 15 is 0 Å². The normalized spacial score (nSPS) is 26.2. The lowest BCUT2D eigenvalue weighted by Crippen LogP contribution is -2.48. The van der Waals surface area contributed by atoms with Crippen LogP contribution < -0.4 is 11.3 Å². The van der Waals surface area contributed by atoms with Crippen molar-refractivity contribution in [1.82, 2.24) is 5.43 Å². The van der Waals surface area contributed by atoms with Crippen LogP contribution >= 0.6 is 27.5 Å². The van der Waals surface area contributed by atoms with E-state index in [2.05, 4.69) is 33.5 Å². The van der Waals surface area contributed by atoms with E-state index in [-0.39, 0.29) is 11.6 Å². The molecule has 1 aliphatic heterocycles. The van der Waals surface area contributed by atoms with Gasteiger partial charge < -0.3 is 4.74 Å². The van der Waals surface area contributed by atoms with Gasteiger partial charge in [-0.2, -0.15) is 0 Å². The molecule has 0 radical (unpaired) electrons. The van der Waals surface area contributed by atoms with Gasteiger partial charge in [0.1, 0.15) is 0 Å². The van der Waals surface area contributed by atoms with Crippen molar-refractivity contribution in [1.29, 1.82) is 0 Å². The summed E-state index contributed by atoms with van der Waals surface area (Å²) in [4.78, 5) is 0. The molecule has 2 fully saturated rings. The van der Waals surface area contributed by atoms with Crippen molar-refractivity contribution in [2.75, 3.05) is 6.61 Å². The highest BCUT2D eigenvalue weighted by Gasteiger charge is 2.44. The number of hydrogen-bond acceptors (Lipinski definition) is 3. The molecule has 2 unspecified atom stereocenters. The van der Waals surface area contributed by atoms with Crippen LogP contribution in [0.5, 0.6) is 0 Å². The number of ether oxygens (including phenoxy) is 1. The zero-order valence-corrected chi connectivity index (χ0v) is 13.7. The second kappa shape index (κ2) is 5.93. The molecule has 1 saturated heterocycles. The van der Waals surface area contributed by atoms with Gasteiger partial charge in [-0.1, -0.05) is 17.7 Å². The van der Waals surface area contributed by atoms with Crippen molar-refractivity contribution in [3.63, 3.8) is 0 Å². The van der Waals surface area contributed by atoms with Crippen molar-refractivity contribution in [2.24, 2.45) is 11.8 Å². The van der Waals surface area contributed by atoms with E-state index in [9.17, 15) is 0 Å². The minimum atomic E-state index is 0.141. The molecule has 1 aliphatic carbocycles. The van der Waals surface area contributed by atoms with Gasteiger partial charge in [0.05, 0.1) is 10.6 Å². The molecule has 1 saturated carbocycles. The Morgan fingerprint density at radius 1 is 1.45 bits per heavy atom. The number of halogens is 2. The summed E-state index contributed by atoms with van der Waals surface area (Å²) in [6.45, 7) is 0.845. The molecule has 0 bridgehead atoms. The highest BCUT2D eigenvalue weighted by molar-refractivity contribution is 9.10. The van der Waals surface area contributed by atoms with E-state index in [1.165, 1.54) is 24.8 Å². The van der Waals surface area contributed by atoms with Crippen LogP contribution in [-0.2, 0) is 4.74 Å². The van der Waals surface area contributed by atoms with E-state index in [0.717, 1.165) is 28.9 Å². The third kappa shape index (κ3) is 2.77. The maximum absolute atomic E-state index is 6.07. The number of nitrogens with two attached hydrogens (primary N) is 1. The Labute approximate surface area is 133 Å². The fourth-order valence-electron chi connectivity index (χ4n) is 3.48. The average molecular weight is 360 g/mol. The summed E-state index contributed by atoms with van der Waals surface area (Å²) in [6.07, 6.45) is 5.84. The zero-order chi connectivity index (χ0) is 14.2. The highest BCUT2D eigenvalue weighted by atomic mass is 79.9. The predicted octanol–water partition coefficient (Wildman–Crippen LogP) is 3.96. The first-order valence-corrected chi connectivity index (χ1v) is 8.36. The molecule has 1 heterocycles. The van der Waals surface area contributed by atoms with Crippen LogP contribution in [0.2, 0.25) is 5.02 Å². The van der Waals surface area contributed by atoms with Crippen molar-refractivity contribution < 1.29 is 4.74 Å². The molecule has 3 rings (SSSR count). The molecular weight excluding hydrogens is 340 g/mol. The second-order valence-electron chi connectivity index (χ2n) is 5.96. The lowest BCUT2D eigenvalue weighted by molar-refractivity contribution is -0.147. The van der Waals surface area contributed by atoms with Gasteiger partial charge in [0, 0.05) is 17.1 Å². The Morgan fingerprint density at radius 3 is 2.85 bits per heavy atom. The lowest BCUT2D eigenvalue weighted by Gasteiger charge is -2.48. The van der Waals surface area contributed by atoms with Crippen molar-refractivity contribution >= 4 is 27.5 Å². The summed E-state index contributed by atoms with van der Waals surface area (Å²) in [5.74, 6) is 6.35. The van der Waals surface area contributed by atoms with Gasteiger partial charge in [-0.15, -0.1) is 0 Å². The standard InChI is InChI=1S/C15H20BrClN2O/c16-12-8-10(2-3-13(12)17)14(19-18)11-4-7-20-15(9-11)5-1-6-15/h2-3,8,11,14,19H,1,4-7,9,18H2. The van der Waals surface area contributed by atoms with Gasteiger partial charge in [-0.3, -0.25) is 11.3 Å². The first-order valence-electron chi connectivity index (χ1n) is 7.19. The quantitative estimate of drug-likeness (QED) is 0.634. The molecule has 0 aromatic heterocycles. The lowest BCUT2D eigenvalue weighted by atomic mass is 9.70. The van der Waals surface area contributed by atoms with Gasteiger partial charge in [0.2, 0.25) is 0 Å². The van der Waals surface area contributed by atoms with E-state index in [0.29, 0.717) is 5.92 Å². The number of rotatable bonds is 3. The Kier molecular flexibility index (Phi) is 4.39. The molecule has 20 heavy (non-hydrogen) atoms. The van der Waals surface area contributed by atoms with Gasteiger partial charge in [0.15, 0.2) is 0 Å². The van der Waals surface area contributed by atoms with Crippen LogP contribution in [0, 0.1) is 5.92 Å². The maximum atomic E-state index is 6.07. The summed E-state index contributed by atoms with van der Waals surface area (Å²) in [7, 11) is 0. The largest absolute Gasteiger partial charge is 0.375 e. The Balaban J connectivity index is 1.79. The van der Waals surface area contributed by atoms with Gasteiger partial charge in [0.25, 0.3) is 0 Å². The van der Waals surface area contributed by atoms with Crippen LogP contribution in [0.1, 0.15) is 43.7 Å². The molecule has 3 N–H and O–H groups in total. The SMILES string of the molecule is NNC(c1ccc(Cl)c(Br)c1)C1CCOC2(CCC2)C1. The summed E-state index contributed by atoms with van der Waals surface area (Å²) >= 11 is 9.56. The minimum Gasteiger partial charge on any atom is -0.375 e. The van der Waals surface area contributed by atoms with E-state index in [1.54, 1.807) is 0 Å². The summed E-state index contributed by atoms with van der Waals surface area (Å²) < 4.78 is 6.92. The molecule has 5 heteroatoms. The first kappa shape index (κ1) is 14.8. The fraction of sp³-hybridized carbons (Fsp3) is 0.600. The molecule has 3 nitrogen and oxygen atoms in total. The van der Waals surface area contributed by atoms with E-state index in [1.807, 2.05) is 6.07 Å². The summed E-state index contributed by atoms with van der Waals surface area (Å²) in [5, 5.41) is 0.729. The molecule has 0 amide bonds. The second-order valence-corrected chi connectivity index (χ2v) is 7.22.